The van der Waals surface area contributed by atoms with Gasteiger partial charge in [-0.1, -0.05) is 12.1 Å². The molecule has 1 aliphatic carbocycles. The smallest absolute Gasteiger partial charge is 0.257 e. The van der Waals surface area contributed by atoms with Crippen molar-refractivity contribution in [2.75, 3.05) is 33.4 Å². The van der Waals surface area contributed by atoms with Gasteiger partial charge in [0.1, 0.15) is 0 Å². The van der Waals surface area contributed by atoms with E-state index in [2.05, 4.69) is 5.32 Å². The standard InChI is InChI=1S/C18H26N2O5S/c1-24-16-4-2-3-5-17(16)25-13-18(21)19-12-14-8-10-20(11-9-14)26(22,23)15-6-7-15/h2-5,14-15H,6-13H2,1H3,(H,19,21). The molecule has 0 bridgehead atoms. The molecule has 0 radical (unpaired) electrons. The molecule has 7 nitrogen and oxygen atoms in total. The number of methoxy groups -OCH3 is 1. The minimum atomic E-state index is -3.08. The Labute approximate surface area is 154 Å². The number of sulfonamides is 1. The van der Waals surface area contributed by atoms with Crippen LogP contribution in [0.15, 0.2) is 24.3 Å². The Hall–Kier alpha value is -1.80. The van der Waals surface area contributed by atoms with Gasteiger partial charge in [-0.25, -0.2) is 12.7 Å². The lowest BCUT2D eigenvalue weighted by atomic mass is 9.98. The van der Waals surface area contributed by atoms with Crippen LogP contribution in [0.2, 0.25) is 0 Å². The largest absolute Gasteiger partial charge is 0.493 e. The fraction of sp³-hybridized carbons (Fsp3) is 0.611. The third-order valence-electron chi connectivity index (χ3n) is 4.89. The molecule has 1 aromatic rings. The van der Waals surface area contributed by atoms with Crippen LogP contribution in [0.3, 0.4) is 0 Å². The number of piperidine rings is 1. The lowest BCUT2D eigenvalue weighted by Crippen LogP contribution is -2.43. The van der Waals surface area contributed by atoms with Crippen LogP contribution in [-0.2, 0) is 14.8 Å². The summed E-state index contributed by atoms with van der Waals surface area (Å²) in [6.07, 6.45) is 3.15. The van der Waals surface area contributed by atoms with Crippen LogP contribution in [0.4, 0.5) is 0 Å². The Kier molecular flexibility index (Phi) is 6.03. The van der Waals surface area contributed by atoms with Crippen molar-refractivity contribution >= 4 is 15.9 Å². The predicted octanol–water partition coefficient (Wildman–Crippen LogP) is 1.39. The van der Waals surface area contributed by atoms with Gasteiger partial charge in [-0.2, -0.15) is 0 Å². The molecule has 0 unspecified atom stereocenters. The van der Waals surface area contributed by atoms with Gasteiger partial charge < -0.3 is 14.8 Å². The van der Waals surface area contributed by atoms with Crippen molar-refractivity contribution in [2.24, 2.45) is 5.92 Å². The molecule has 3 rings (SSSR count). The highest BCUT2D eigenvalue weighted by atomic mass is 32.2. The number of carbonyl (C=O) groups excluding carboxylic acids is 1. The summed E-state index contributed by atoms with van der Waals surface area (Å²) < 4.78 is 36.7. The van der Waals surface area contributed by atoms with Crippen molar-refractivity contribution in [3.8, 4) is 11.5 Å². The van der Waals surface area contributed by atoms with Crippen LogP contribution in [0.5, 0.6) is 11.5 Å². The van der Waals surface area contributed by atoms with Crippen LogP contribution in [-0.4, -0.2) is 57.2 Å². The number of carbonyl (C=O) groups is 1. The molecule has 1 N–H and O–H groups in total. The van der Waals surface area contributed by atoms with Gasteiger partial charge in [0.15, 0.2) is 18.1 Å². The van der Waals surface area contributed by atoms with E-state index in [1.165, 1.54) is 0 Å². The molecule has 26 heavy (non-hydrogen) atoms. The Morgan fingerprint density at radius 2 is 1.81 bits per heavy atom. The van der Waals surface area contributed by atoms with Gasteiger partial charge in [-0.15, -0.1) is 0 Å². The number of benzene rings is 1. The maximum Gasteiger partial charge on any atom is 0.257 e. The van der Waals surface area contributed by atoms with E-state index in [1.54, 1.807) is 23.5 Å². The quantitative estimate of drug-likeness (QED) is 0.735. The highest BCUT2D eigenvalue weighted by Gasteiger charge is 2.41. The first kappa shape index (κ1) is 19.0. The Balaban J connectivity index is 1.37. The predicted molar refractivity (Wildman–Crippen MR) is 97.7 cm³/mol. The van der Waals surface area contributed by atoms with E-state index in [0.717, 1.165) is 25.7 Å². The van der Waals surface area contributed by atoms with Gasteiger partial charge in [0.05, 0.1) is 12.4 Å². The van der Waals surface area contributed by atoms with Gasteiger partial charge in [0.2, 0.25) is 10.0 Å². The van der Waals surface area contributed by atoms with Crippen molar-refractivity contribution in [1.29, 1.82) is 0 Å². The van der Waals surface area contributed by atoms with E-state index in [4.69, 9.17) is 9.47 Å². The van der Waals surface area contributed by atoms with Gasteiger partial charge in [-0.3, -0.25) is 4.79 Å². The number of rotatable bonds is 8. The molecule has 144 valence electrons. The van der Waals surface area contributed by atoms with Crippen molar-refractivity contribution < 1.29 is 22.7 Å². The molecule has 1 saturated heterocycles. The SMILES string of the molecule is COc1ccccc1OCC(=O)NCC1CCN(S(=O)(=O)C2CC2)CC1. The lowest BCUT2D eigenvalue weighted by Gasteiger charge is -2.31. The van der Waals surface area contributed by atoms with Gasteiger partial charge in [0.25, 0.3) is 5.91 Å². The summed E-state index contributed by atoms with van der Waals surface area (Å²) in [5.74, 6) is 1.23. The fourth-order valence-electron chi connectivity index (χ4n) is 3.14. The first-order chi connectivity index (χ1) is 12.5. The zero-order chi connectivity index (χ0) is 18.6. The summed E-state index contributed by atoms with van der Waals surface area (Å²) in [7, 11) is -1.52. The van der Waals surface area contributed by atoms with Crippen LogP contribution in [0, 0.1) is 5.92 Å². The highest BCUT2D eigenvalue weighted by Crippen LogP contribution is 2.33. The van der Waals surface area contributed by atoms with Crippen LogP contribution >= 0.6 is 0 Å². The molecular formula is C18H26N2O5S. The second kappa shape index (κ2) is 8.26. The molecule has 1 saturated carbocycles. The molecule has 1 aliphatic heterocycles. The zero-order valence-corrected chi connectivity index (χ0v) is 15.8. The Bertz CT molecular complexity index is 725. The summed E-state index contributed by atoms with van der Waals surface area (Å²) in [5.41, 5.74) is 0. The van der Waals surface area contributed by atoms with Crippen molar-refractivity contribution in [3.63, 3.8) is 0 Å². The number of hydrogen-bond donors (Lipinski definition) is 1. The minimum Gasteiger partial charge on any atom is -0.493 e. The summed E-state index contributed by atoms with van der Waals surface area (Å²) in [6, 6.07) is 7.18. The average molecular weight is 382 g/mol. The molecule has 2 fully saturated rings. The second-order valence-corrected chi connectivity index (χ2v) is 9.04. The summed E-state index contributed by atoms with van der Waals surface area (Å²) in [4.78, 5) is 12.0. The maximum atomic E-state index is 12.2. The summed E-state index contributed by atoms with van der Waals surface area (Å²) in [6.45, 7) is 1.58. The third kappa shape index (κ3) is 4.67. The van der Waals surface area contributed by atoms with E-state index in [-0.39, 0.29) is 17.8 Å². The molecule has 1 aromatic carbocycles. The van der Waals surface area contributed by atoms with Crippen molar-refractivity contribution in [2.45, 2.75) is 30.9 Å². The van der Waals surface area contributed by atoms with Crippen LogP contribution in [0.1, 0.15) is 25.7 Å². The summed E-state index contributed by atoms with van der Waals surface area (Å²) in [5, 5.41) is 2.73. The van der Waals surface area contributed by atoms with Gasteiger partial charge in [-0.05, 0) is 43.7 Å². The minimum absolute atomic E-state index is 0.0741. The highest BCUT2D eigenvalue weighted by molar-refractivity contribution is 7.90. The first-order valence-electron chi connectivity index (χ1n) is 9.02. The maximum absolute atomic E-state index is 12.2. The van der Waals surface area contributed by atoms with Crippen LogP contribution in [0.25, 0.3) is 0 Å². The number of nitrogens with one attached hydrogen (secondary N) is 1. The van der Waals surface area contributed by atoms with E-state index in [9.17, 15) is 13.2 Å². The zero-order valence-electron chi connectivity index (χ0n) is 15.0. The van der Waals surface area contributed by atoms with E-state index in [0.29, 0.717) is 37.1 Å². The second-order valence-electron chi connectivity index (χ2n) is 6.83. The molecule has 1 amide bonds. The van der Waals surface area contributed by atoms with E-state index >= 15 is 0 Å². The topological polar surface area (TPSA) is 84.9 Å². The fourth-order valence-corrected chi connectivity index (χ4v) is 5.01. The first-order valence-corrected chi connectivity index (χ1v) is 10.5. The molecule has 0 atom stereocenters. The number of para-hydroxylation sites is 2. The van der Waals surface area contributed by atoms with Crippen molar-refractivity contribution in [1.82, 2.24) is 9.62 Å². The molecule has 1 heterocycles. The van der Waals surface area contributed by atoms with Gasteiger partial charge >= 0.3 is 0 Å². The molecule has 0 spiro atoms. The number of ether oxygens (including phenoxy) is 2. The lowest BCUT2D eigenvalue weighted by molar-refractivity contribution is -0.123. The Morgan fingerprint density at radius 3 is 2.42 bits per heavy atom. The normalized spacial score (nSPS) is 19.1. The van der Waals surface area contributed by atoms with Crippen LogP contribution < -0.4 is 14.8 Å². The molecule has 2 aliphatic rings. The van der Waals surface area contributed by atoms with Gasteiger partial charge in [0, 0.05) is 19.6 Å². The number of hydrogen-bond acceptors (Lipinski definition) is 5. The number of amides is 1. The van der Waals surface area contributed by atoms with E-state index in [1.807, 2.05) is 12.1 Å². The van der Waals surface area contributed by atoms with E-state index < -0.39 is 10.0 Å². The van der Waals surface area contributed by atoms with Crippen molar-refractivity contribution in [3.05, 3.63) is 24.3 Å². The summed E-state index contributed by atoms with van der Waals surface area (Å²) >= 11 is 0. The molecule has 8 heteroatoms. The molecule has 0 aromatic heterocycles. The monoisotopic (exact) mass is 382 g/mol. The third-order valence-corrected chi connectivity index (χ3v) is 7.29. The Morgan fingerprint density at radius 1 is 1.15 bits per heavy atom. The average Bonchev–Trinajstić information content (AvgIpc) is 3.51. The molecular weight excluding hydrogens is 356 g/mol. The number of nitrogens with zero attached hydrogens (tertiary/aromatic N) is 1.